The highest BCUT2D eigenvalue weighted by Crippen LogP contribution is 2.17. The van der Waals surface area contributed by atoms with E-state index in [9.17, 15) is 14.4 Å². The van der Waals surface area contributed by atoms with Crippen molar-refractivity contribution in [3.05, 3.63) is 0 Å². The summed E-state index contributed by atoms with van der Waals surface area (Å²) in [5.74, 6) is 1.55. The van der Waals surface area contributed by atoms with Crippen LogP contribution in [-0.2, 0) is 28.6 Å². The second-order valence-electron chi connectivity index (χ2n) is 16.9. The summed E-state index contributed by atoms with van der Waals surface area (Å²) in [5.41, 5.74) is 0. The molecule has 0 radical (unpaired) electrons. The Morgan fingerprint density at radius 1 is 0.385 bits per heavy atom. The molecule has 0 heterocycles. The molecule has 0 aliphatic heterocycles. The van der Waals surface area contributed by atoms with Crippen molar-refractivity contribution in [1.82, 2.24) is 0 Å². The molecule has 0 rings (SSSR count). The zero-order valence-electron chi connectivity index (χ0n) is 35.6. The van der Waals surface area contributed by atoms with E-state index >= 15 is 0 Å². The third-order valence-electron chi connectivity index (χ3n) is 10.5. The van der Waals surface area contributed by atoms with Gasteiger partial charge < -0.3 is 14.2 Å². The van der Waals surface area contributed by atoms with Crippen molar-refractivity contribution in [3.63, 3.8) is 0 Å². The fourth-order valence-corrected chi connectivity index (χ4v) is 6.67. The Hall–Kier alpha value is -1.59. The molecule has 1 unspecified atom stereocenters. The van der Waals surface area contributed by atoms with Crippen molar-refractivity contribution < 1.29 is 28.6 Å². The van der Waals surface area contributed by atoms with Gasteiger partial charge in [0.25, 0.3) is 0 Å². The molecule has 0 spiro atoms. The first kappa shape index (κ1) is 50.4. The molecule has 0 aromatic rings. The third-order valence-corrected chi connectivity index (χ3v) is 10.5. The number of esters is 3. The second-order valence-corrected chi connectivity index (χ2v) is 16.9. The second kappa shape index (κ2) is 37.7. The van der Waals surface area contributed by atoms with Gasteiger partial charge >= 0.3 is 17.9 Å². The largest absolute Gasteiger partial charge is 0.462 e. The van der Waals surface area contributed by atoms with Gasteiger partial charge in [0.1, 0.15) is 13.2 Å². The van der Waals surface area contributed by atoms with Gasteiger partial charge in [0, 0.05) is 19.3 Å². The molecule has 6 nitrogen and oxygen atoms in total. The molecule has 0 amide bonds. The Kier molecular flexibility index (Phi) is 36.6. The SMILES string of the molecule is CCC(C)CCCCCCCCC(=O)O[C@H](COC(=O)CCCCCCCCCCCCCC(C)C)COC(=O)CCCCCCCCCC(C)C. The van der Waals surface area contributed by atoms with Crippen molar-refractivity contribution in [2.45, 2.75) is 247 Å². The molecule has 0 aliphatic rings. The zero-order chi connectivity index (χ0) is 38.5. The highest BCUT2D eigenvalue weighted by Gasteiger charge is 2.19. The molecule has 0 aliphatic carbocycles. The first-order chi connectivity index (χ1) is 25.1. The predicted octanol–water partition coefficient (Wildman–Crippen LogP) is 14.0. The lowest BCUT2D eigenvalue weighted by Crippen LogP contribution is -2.30. The lowest BCUT2D eigenvalue weighted by atomic mass is 10.00. The first-order valence-corrected chi connectivity index (χ1v) is 22.6. The standard InChI is InChI=1S/C46H88O6/c1-7-42(6)34-28-22-18-19-25-31-37-46(49)52-43(39-51-45(48)36-30-24-17-13-15-21-27-33-41(4)5)38-50-44(47)35-29-23-16-12-10-8-9-11-14-20-26-32-40(2)3/h40-43H,7-39H2,1-6H3/t42?,43-/m1/s1. The quantitative estimate of drug-likeness (QED) is 0.0355. The average Bonchev–Trinajstić information content (AvgIpc) is 3.11. The minimum Gasteiger partial charge on any atom is -0.462 e. The van der Waals surface area contributed by atoms with Crippen LogP contribution in [0.4, 0.5) is 0 Å². The maximum absolute atomic E-state index is 12.7. The summed E-state index contributed by atoms with van der Waals surface area (Å²) < 4.78 is 16.7. The van der Waals surface area contributed by atoms with Gasteiger partial charge in [0.15, 0.2) is 6.10 Å². The van der Waals surface area contributed by atoms with Gasteiger partial charge in [-0.05, 0) is 37.0 Å². The van der Waals surface area contributed by atoms with Crippen molar-refractivity contribution >= 4 is 17.9 Å². The lowest BCUT2D eigenvalue weighted by molar-refractivity contribution is -0.167. The van der Waals surface area contributed by atoms with Gasteiger partial charge in [-0.25, -0.2) is 0 Å². The number of carbonyl (C=O) groups excluding carboxylic acids is 3. The molecule has 308 valence electrons. The maximum Gasteiger partial charge on any atom is 0.306 e. The van der Waals surface area contributed by atoms with Crippen LogP contribution in [0.2, 0.25) is 0 Å². The van der Waals surface area contributed by atoms with E-state index < -0.39 is 6.10 Å². The molecule has 2 atom stereocenters. The van der Waals surface area contributed by atoms with E-state index in [0.29, 0.717) is 19.3 Å². The minimum atomic E-state index is -0.762. The van der Waals surface area contributed by atoms with Gasteiger partial charge in [0.05, 0.1) is 0 Å². The van der Waals surface area contributed by atoms with Crippen molar-refractivity contribution in [3.8, 4) is 0 Å². The molecule has 0 aromatic carbocycles. The Labute approximate surface area is 323 Å². The highest BCUT2D eigenvalue weighted by atomic mass is 16.6. The van der Waals surface area contributed by atoms with Crippen LogP contribution in [0.3, 0.4) is 0 Å². The Balaban J connectivity index is 4.33. The molecule has 0 saturated carbocycles. The number of rotatable bonds is 39. The molecule has 0 fully saturated rings. The number of ether oxygens (including phenoxy) is 3. The number of hydrogen-bond acceptors (Lipinski definition) is 6. The van der Waals surface area contributed by atoms with Gasteiger partial charge in [-0.15, -0.1) is 0 Å². The lowest BCUT2D eigenvalue weighted by Gasteiger charge is -2.18. The van der Waals surface area contributed by atoms with E-state index in [0.717, 1.165) is 75.5 Å². The Bertz CT molecular complexity index is 809. The van der Waals surface area contributed by atoms with Gasteiger partial charge in [0.2, 0.25) is 0 Å². The average molecular weight is 737 g/mol. The summed E-state index contributed by atoms with van der Waals surface area (Å²) in [6.45, 7) is 13.6. The van der Waals surface area contributed by atoms with E-state index in [1.54, 1.807) is 0 Å². The Morgan fingerprint density at radius 3 is 1.00 bits per heavy atom. The third kappa shape index (κ3) is 38.1. The van der Waals surface area contributed by atoms with Crippen LogP contribution in [0.1, 0.15) is 241 Å². The summed E-state index contributed by atoms with van der Waals surface area (Å²) in [4.78, 5) is 37.7. The van der Waals surface area contributed by atoms with Gasteiger partial charge in [-0.3, -0.25) is 14.4 Å². The topological polar surface area (TPSA) is 78.9 Å². The van der Waals surface area contributed by atoms with Crippen LogP contribution < -0.4 is 0 Å². The molecule has 0 N–H and O–H groups in total. The summed E-state index contributed by atoms with van der Waals surface area (Å²) in [6, 6.07) is 0. The van der Waals surface area contributed by atoms with Crippen molar-refractivity contribution in [2.24, 2.45) is 17.8 Å². The van der Waals surface area contributed by atoms with Crippen LogP contribution in [0, 0.1) is 17.8 Å². The van der Waals surface area contributed by atoms with E-state index in [2.05, 4.69) is 41.5 Å². The summed E-state index contributed by atoms with van der Waals surface area (Å²) in [6.07, 6.45) is 33.8. The Morgan fingerprint density at radius 2 is 0.673 bits per heavy atom. The minimum absolute atomic E-state index is 0.0671. The van der Waals surface area contributed by atoms with E-state index in [1.807, 2.05) is 0 Å². The smallest absolute Gasteiger partial charge is 0.306 e. The molecule has 0 aromatic heterocycles. The van der Waals surface area contributed by atoms with Crippen molar-refractivity contribution in [2.75, 3.05) is 13.2 Å². The molecule has 0 saturated heterocycles. The van der Waals surface area contributed by atoms with Crippen LogP contribution in [0.15, 0.2) is 0 Å². The molecular weight excluding hydrogens is 649 g/mol. The molecule has 0 bridgehead atoms. The van der Waals surface area contributed by atoms with Gasteiger partial charge in [-0.1, -0.05) is 202 Å². The highest BCUT2D eigenvalue weighted by molar-refractivity contribution is 5.71. The molecule has 52 heavy (non-hydrogen) atoms. The van der Waals surface area contributed by atoms with Gasteiger partial charge in [-0.2, -0.15) is 0 Å². The summed E-state index contributed by atoms with van der Waals surface area (Å²) >= 11 is 0. The first-order valence-electron chi connectivity index (χ1n) is 22.6. The van der Waals surface area contributed by atoms with E-state index in [-0.39, 0.29) is 31.1 Å². The predicted molar refractivity (Wildman–Crippen MR) is 219 cm³/mol. The monoisotopic (exact) mass is 737 g/mol. The number of hydrogen-bond donors (Lipinski definition) is 0. The number of carbonyl (C=O) groups is 3. The van der Waals surface area contributed by atoms with Crippen LogP contribution in [-0.4, -0.2) is 37.2 Å². The van der Waals surface area contributed by atoms with E-state index in [1.165, 1.54) is 122 Å². The van der Waals surface area contributed by atoms with Crippen molar-refractivity contribution in [1.29, 1.82) is 0 Å². The molecule has 6 heteroatoms. The fraction of sp³-hybridized carbons (Fsp3) is 0.935. The number of unbranched alkanes of at least 4 members (excludes halogenated alkanes) is 21. The van der Waals surface area contributed by atoms with Crippen LogP contribution >= 0.6 is 0 Å². The van der Waals surface area contributed by atoms with Crippen LogP contribution in [0.25, 0.3) is 0 Å². The van der Waals surface area contributed by atoms with E-state index in [4.69, 9.17) is 14.2 Å². The van der Waals surface area contributed by atoms with Crippen LogP contribution in [0.5, 0.6) is 0 Å². The summed E-state index contributed by atoms with van der Waals surface area (Å²) in [7, 11) is 0. The fourth-order valence-electron chi connectivity index (χ4n) is 6.67. The zero-order valence-corrected chi connectivity index (χ0v) is 35.6. The summed E-state index contributed by atoms with van der Waals surface area (Å²) in [5, 5.41) is 0. The maximum atomic E-state index is 12.7. The molecular formula is C46H88O6. The normalized spacial score (nSPS) is 12.7.